The van der Waals surface area contributed by atoms with Gasteiger partial charge in [-0.1, -0.05) is 64.7 Å². The molecule has 0 bridgehead atoms. The van der Waals surface area contributed by atoms with E-state index in [1.807, 2.05) is 0 Å². The molecule has 2 atom stereocenters. The first kappa shape index (κ1) is 18.0. The van der Waals surface area contributed by atoms with Crippen LogP contribution in [0.5, 0.6) is 0 Å². The van der Waals surface area contributed by atoms with Gasteiger partial charge in [0, 0.05) is 6.04 Å². The molecule has 0 aliphatic heterocycles. The molecule has 2 N–H and O–H groups in total. The van der Waals surface area contributed by atoms with Gasteiger partial charge in [0.15, 0.2) is 0 Å². The van der Waals surface area contributed by atoms with Crippen LogP contribution in [0, 0.1) is 5.92 Å². The lowest BCUT2D eigenvalue weighted by Gasteiger charge is -2.37. The van der Waals surface area contributed by atoms with Gasteiger partial charge in [-0.05, 0) is 45.3 Å². The monoisotopic (exact) mass is 282 g/mol. The number of nitrogens with zero attached hydrogens (tertiary/aromatic N) is 1. The predicted molar refractivity (Wildman–Crippen MR) is 90.0 cm³/mol. The van der Waals surface area contributed by atoms with Gasteiger partial charge in [-0.15, -0.1) is 0 Å². The summed E-state index contributed by atoms with van der Waals surface area (Å²) in [5.74, 6) is 0.753. The zero-order valence-corrected chi connectivity index (χ0v) is 14.1. The van der Waals surface area contributed by atoms with Crippen LogP contribution in [0.25, 0.3) is 0 Å². The summed E-state index contributed by atoms with van der Waals surface area (Å²) in [6.07, 6.45) is 16.8. The molecule has 2 nitrogen and oxygen atoms in total. The maximum atomic E-state index is 5.94. The maximum Gasteiger partial charge on any atom is 0.0132 e. The summed E-state index contributed by atoms with van der Waals surface area (Å²) in [6.45, 7) is 4.44. The third-order valence-corrected chi connectivity index (χ3v) is 5.10. The summed E-state index contributed by atoms with van der Waals surface area (Å²) in [4.78, 5) is 2.60. The van der Waals surface area contributed by atoms with Crippen LogP contribution < -0.4 is 5.73 Å². The second-order valence-corrected chi connectivity index (χ2v) is 6.80. The van der Waals surface area contributed by atoms with Crippen molar-refractivity contribution in [3.8, 4) is 0 Å². The normalized spacial score (nSPS) is 23.4. The molecule has 1 fully saturated rings. The van der Waals surface area contributed by atoms with Crippen LogP contribution in [0.4, 0.5) is 0 Å². The molecule has 1 aliphatic carbocycles. The third-order valence-electron chi connectivity index (χ3n) is 5.10. The van der Waals surface area contributed by atoms with Gasteiger partial charge in [-0.3, -0.25) is 0 Å². The topological polar surface area (TPSA) is 29.3 Å². The Hall–Kier alpha value is -0.0800. The highest BCUT2D eigenvalue weighted by Gasteiger charge is 2.26. The van der Waals surface area contributed by atoms with E-state index < -0.39 is 0 Å². The summed E-state index contributed by atoms with van der Waals surface area (Å²) < 4.78 is 0. The number of hydrogen-bond acceptors (Lipinski definition) is 2. The highest BCUT2D eigenvalue weighted by Crippen LogP contribution is 2.27. The molecule has 1 rings (SSSR count). The highest BCUT2D eigenvalue weighted by atomic mass is 15.1. The van der Waals surface area contributed by atoms with Crippen molar-refractivity contribution in [2.75, 3.05) is 20.1 Å². The average Bonchev–Trinajstić information content (AvgIpc) is 2.49. The van der Waals surface area contributed by atoms with E-state index in [9.17, 15) is 0 Å². The van der Waals surface area contributed by atoms with Crippen molar-refractivity contribution in [1.29, 1.82) is 0 Å². The van der Waals surface area contributed by atoms with Gasteiger partial charge >= 0.3 is 0 Å². The van der Waals surface area contributed by atoms with Crippen LogP contribution in [0.1, 0.15) is 84.0 Å². The summed E-state index contributed by atoms with van der Waals surface area (Å²) in [5.41, 5.74) is 5.94. The van der Waals surface area contributed by atoms with E-state index in [0.29, 0.717) is 0 Å². The summed E-state index contributed by atoms with van der Waals surface area (Å²) >= 11 is 0. The summed E-state index contributed by atoms with van der Waals surface area (Å²) in [5, 5.41) is 0. The first-order chi connectivity index (χ1) is 9.79. The van der Waals surface area contributed by atoms with Crippen LogP contribution in [0.2, 0.25) is 0 Å². The molecule has 0 spiro atoms. The lowest BCUT2D eigenvalue weighted by molar-refractivity contribution is 0.131. The quantitative estimate of drug-likeness (QED) is 0.562. The molecule has 2 unspecified atom stereocenters. The molecule has 2 heteroatoms. The highest BCUT2D eigenvalue weighted by molar-refractivity contribution is 4.82. The Bertz CT molecular complexity index is 217. The zero-order valence-electron chi connectivity index (χ0n) is 14.1. The van der Waals surface area contributed by atoms with Crippen LogP contribution in [-0.2, 0) is 0 Å². The molecule has 1 saturated carbocycles. The summed E-state index contributed by atoms with van der Waals surface area (Å²) in [6, 6.07) is 0.762. The second-order valence-electron chi connectivity index (χ2n) is 6.80. The molecule has 0 aromatic rings. The fraction of sp³-hybridized carbons (Fsp3) is 1.00. The molecular weight excluding hydrogens is 244 g/mol. The van der Waals surface area contributed by atoms with Crippen LogP contribution in [0.15, 0.2) is 0 Å². The molecule has 0 heterocycles. The molecule has 120 valence electrons. The van der Waals surface area contributed by atoms with Gasteiger partial charge < -0.3 is 10.6 Å². The summed E-state index contributed by atoms with van der Waals surface area (Å²) in [7, 11) is 2.32. The first-order valence-electron chi connectivity index (χ1n) is 9.20. The fourth-order valence-corrected chi connectivity index (χ4v) is 3.70. The Morgan fingerprint density at radius 2 is 1.50 bits per heavy atom. The Labute approximate surface area is 127 Å². The SMILES string of the molecule is CCCCCCCCCCN(C)C1CCCCC1CN. The molecule has 0 radical (unpaired) electrons. The van der Waals surface area contributed by atoms with E-state index in [4.69, 9.17) is 5.73 Å². The zero-order chi connectivity index (χ0) is 14.6. The fourth-order valence-electron chi connectivity index (χ4n) is 3.70. The van der Waals surface area contributed by atoms with E-state index in [1.54, 1.807) is 0 Å². The van der Waals surface area contributed by atoms with Gasteiger partial charge in [0.1, 0.15) is 0 Å². The van der Waals surface area contributed by atoms with Gasteiger partial charge in [0.25, 0.3) is 0 Å². The maximum absolute atomic E-state index is 5.94. The minimum absolute atomic E-state index is 0.753. The van der Waals surface area contributed by atoms with Crippen molar-refractivity contribution >= 4 is 0 Å². The van der Waals surface area contributed by atoms with Crippen LogP contribution in [-0.4, -0.2) is 31.1 Å². The van der Waals surface area contributed by atoms with E-state index in [-0.39, 0.29) is 0 Å². The van der Waals surface area contributed by atoms with Crippen molar-refractivity contribution in [3.63, 3.8) is 0 Å². The van der Waals surface area contributed by atoms with E-state index >= 15 is 0 Å². The molecule has 1 aliphatic rings. The van der Waals surface area contributed by atoms with Crippen molar-refractivity contribution in [3.05, 3.63) is 0 Å². The average molecular weight is 283 g/mol. The smallest absolute Gasteiger partial charge is 0.0132 e. The van der Waals surface area contributed by atoms with Gasteiger partial charge in [0.05, 0.1) is 0 Å². The first-order valence-corrected chi connectivity index (χ1v) is 9.20. The van der Waals surface area contributed by atoms with E-state index in [2.05, 4.69) is 18.9 Å². The largest absolute Gasteiger partial charge is 0.330 e. The molecule has 0 saturated heterocycles. The third kappa shape index (κ3) is 7.08. The van der Waals surface area contributed by atoms with Crippen molar-refractivity contribution in [1.82, 2.24) is 4.90 Å². The standard InChI is InChI=1S/C18H38N2/c1-3-4-5-6-7-8-9-12-15-20(2)18-14-11-10-13-17(18)16-19/h17-18H,3-16,19H2,1-2H3. The van der Waals surface area contributed by atoms with Crippen LogP contribution >= 0.6 is 0 Å². The van der Waals surface area contributed by atoms with Crippen LogP contribution in [0.3, 0.4) is 0 Å². The minimum Gasteiger partial charge on any atom is -0.330 e. The molecule has 20 heavy (non-hydrogen) atoms. The van der Waals surface area contributed by atoms with E-state index in [0.717, 1.165) is 18.5 Å². The van der Waals surface area contributed by atoms with Gasteiger partial charge in [0.2, 0.25) is 0 Å². The predicted octanol–water partition coefficient (Wildman–Crippen LogP) is 4.58. The number of nitrogens with two attached hydrogens (primary N) is 1. The lowest BCUT2D eigenvalue weighted by Crippen LogP contribution is -2.43. The van der Waals surface area contributed by atoms with Gasteiger partial charge in [-0.2, -0.15) is 0 Å². The number of hydrogen-bond donors (Lipinski definition) is 1. The minimum atomic E-state index is 0.753. The Balaban J connectivity index is 2.02. The van der Waals surface area contributed by atoms with Gasteiger partial charge in [-0.25, -0.2) is 0 Å². The van der Waals surface area contributed by atoms with Crippen molar-refractivity contribution < 1.29 is 0 Å². The molecular formula is C18H38N2. The number of rotatable bonds is 11. The second kappa shape index (κ2) is 11.6. The van der Waals surface area contributed by atoms with Crippen molar-refractivity contribution in [2.45, 2.75) is 90.0 Å². The molecule has 0 aromatic carbocycles. The number of unbranched alkanes of at least 4 members (excludes halogenated alkanes) is 7. The van der Waals surface area contributed by atoms with Crippen molar-refractivity contribution in [2.24, 2.45) is 11.7 Å². The molecule has 0 aromatic heterocycles. The van der Waals surface area contributed by atoms with E-state index in [1.165, 1.54) is 83.6 Å². The Morgan fingerprint density at radius 1 is 0.900 bits per heavy atom. The Kier molecular flexibility index (Phi) is 10.4. The lowest BCUT2D eigenvalue weighted by atomic mass is 9.83. The Morgan fingerprint density at radius 3 is 2.15 bits per heavy atom. The molecule has 0 amide bonds.